The summed E-state index contributed by atoms with van der Waals surface area (Å²) in [5.74, 6) is 1.60. The molecule has 2 heteroatoms. The number of thioether (sulfide) groups is 1. The maximum absolute atomic E-state index is 6.17. The summed E-state index contributed by atoms with van der Waals surface area (Å²) in [6.45, 7) is 11.5. The van der Waals surface area contributed by atoms with Gasteiger partial charge in [-0.25, -0.2) is 0 Å². The fraction of sp³-hybridized carbons (Fsp3) is 0.429. The van der Waals surface area contributed by atoms with Gasteiger partial charge in [0.05, 0.1) is 6.61 Å². The number of ether oxygens (including phenoxy) is 1. The van der Waals surface area contributed by atoms with Crippen LogP contribution in [0.2, 0.25) is 0 Å². The molecular formula is C21H28OS. The zero-order chi connectivity index (χ0) is 16.7. The van der Waals surface area contributed by atoms with Gasteiger partial charge < -0.3 is 4.74 Å². The molecular weight excluding hydrogens is 300 g/mol. The van der Waals surface area contributed by atoms with Gasteiger partial charge in [0, 0.05) is 16.2 Å². The molecule has 0 amide bonds. The number of allylic oxidation sites excluding steroid dienone is 5. The first kappa shape index (κ1) is 17.9. The Morgan fingerprint density at radius 2 is 1.96 bits per heavy atom. The monoisotopic (exact) mass is 328 g/mol. The van der Waals surface area contributed by atoms with E-state index in [2.05, 4.69) is 63.8 Å². The second-order valence-electron chi connectivity index (χ2n) is 6.38. The van der Waals surface area contributed by atoms with Gasteiger partial charge in [-0.05, 0) is 58.1 Å². The number of hydrogen-bond donors (Lipinski definition) is 0. The van der Waals surface area contributed by atoms with Gasteiger partial charge >= 0.3 is 0 Å². The Bertz CT molecular complexity index is 583. The van der Waals surface area contributed by atoms with Gasteiger partial charge in [-0.3, -0.25) is 0 Å². The summed E-state index contributed by atoms with van der Waals surface area (Å²) in [6, 6.07) is 10.5. The van der Waals surface area contributed by atoms with E-state index in [-0.39, 0.29) is 0 Å². The van der Waals surface area contributed by atoms with Crippen molar-refractivity contribution in [1.82, 2.24) is 0 Å². The highest BCUT2D eigenvalue weighted by Gasteiger charge is 2.16. The summed E-state index contributed by atoms with van der Waals surface area (Å²) in [6.07, 6.45) is 6.62. The third kappa shape index (κ3) is 5.95. The van der Waals surface area contributed by atoms with Crippen LogP contribution in [0.4, 0.5) is 0 Å². The lowest BCUT2D eigenvalue weighted by molar-refractivity contribution is 0.189. The highest BCUT2D eigenvalue weighted by atomic mass is 32.2. The van der Waals surface area contributed by atoms with Crippen LogP contribution in [0.15, 0.2) is 69.7 Å². The molecule has 1 aliphatic heterocycles. The fourth-order valence-electron chi connectivity index (χ4n) is 2.70. The minimum Gasteiger partial charge on any atom is -0.497 e. The van der Waals surface area contributed by atoms with Crippen molar-refractivity contribution in [2.75, 3.05) is 6.61 Å². The van der Waals surface area contributed by atoms with Crippen LogP contribution in [0.25, 0.3) is 0 Å². The van der Waals surface area contributed by atoms with Gasteiger partial charge in [0.1, 0.15) is 5.76 Å². The van der Waals surface area contributed by atoms with Gasteiger partial charge in [0.2, 0.25) is 0 Å². The fourth-order valence-corrected chi connectivity index (χ4v) is 3.60. The first-order valence-corrected chi connectivity index (χ1v) is 9.24. The summed E-state index contributed by atoms with van der Waals surface area (Å²) in [7, 11) is 0. The third-order valence-electron chi connectivity index (χ3n) is 4.28. The molecule has 1 nitrogen and oxygen atoms in total. The Morgan fingerprint density at radius 3 is 2.65 bits per heavy atom. The van der Waals surface area contributed by atoms with E-state index in [1.807, 2.05) is 0 Å². The van der Waals surface area contributed by atoms with E-state index in [4.69, 9.17) is 4.74 Å². The molecule has 124 valence electrons. The van der Waals surface area contributed by atoms with E-state index < -0.39 is 0 Å². The van der Waals surface area contributed by atoms with Gasteiger partial charge in [0.15, 0.2) is 0 Å². The van der Waals surface area contributed by atoms with Crippen molar-refractivity contribution in [3.63, 3.8) is 0 Å². The molecule has 0 fully saturated rings. The standard InChI is InChI=1S/C21H28OS/c1-16(2)19-13-12-17(3)9-8-14-22-21(15-19)18(4)23-20-10-6-5-7-11-20/h5-7,10-12,19H,1,8-9,13-15H2,2-4H3/b17-12-,21-18?/t19-/m1/s1. The molecule has 1 atom stereocenters. The van der Waals surface area contributed by atoms with Crippen LogP contribution < -0.4 is 0 Å². The van der Waals surface area contributed by atoms with Crippen molar-refractivity contribution in [3.05, 3.63) is 64.8 Å². The normalized spacial score (nSPS) is 24.1. The number of benzene rings is 1. The average Bonchev–Trinajstić information content (AvgIpc) is 2.54. The molecule has 23 heavy (non-hydrogen) atoms. The molecule has 1 aromatic rings. The van der Waals surface area contributed by atoms with E-state index in [1.54, 1.807) is 11.8 Å². The molecule has 2 rings (SSSR count). The summed E-state index contributed by atoms with van der Waals surface area (Å²) < 4.78 is 6.17. The number of hydrogen-bond acceptors (Lipinski definition) is 2. The van der Waals surface area contributed by atoms with Crippen LogP contribution in [0.1, 0.15) is 46.5 Å². The lowest BCUT2D eigenvalue weighted by Gasteiger charge is -2.22. The van der Waals surface area contributed by atoms with E-state index in [1.165, 1.54) is 20.9 Å². The van der Waals surface area contributed by atoms with Crippen LogP contribution >= 0.6 is 11.8 Å². The second kappa shape index (κ2) is 9.02. The summed E-state index contributed by atoms with van der Waals surface area (Å²) in [5.41, 5.74) is 2.72. The van der Waals surface area contributed by atoms with Crippen molar-refractivity contribution in [3.8, 4) is 0 Å². The molecule has 0 aromatic heterocycles. The molecule has 0 spiro atoms. The summed E-state index contributed by atoms with van der Waals surface area (Å²) in [4.78, 5) is 2.53. The minimum atomic E-state index is 0.462. The van der Waals surface area contributed by atoms with Crippen LogP contribution in [0.3, 0.4) is 0 Å². The predicted molar refractivity (Wildman–Crippen MR) is 101 cm³/mol. The Kier molecular flexibility index (Phi) is 7.04. The van der Waals surface area contributed by atoms with Gasteiger partial charge in [-0.1, -0.05) is 53.8 Å². The second-order valence-corrected chi connectivity index (χ2v) is 7.67. The largest absolute Gasteiger partial charge is 0.497 e. The molecule has 1 heterocycles. The van der Waals surface area contributed by atoms with Crippen LogP contribution in [-0.4, -0.2) is 6.61 Å². The minimum absolute atomic E-state index is 0.462. The Hall–Kier alpha value is -1.41. The Labute approximate surface area is 145 Å². The maximum Gasteiger partial charge on any atom is 0.106 e. The average molecular weight is 329 g/mol. The van der Waals surface area contributed by atoms with Crippen molar-refractivity contribution >= 4 is 11.8 Å². The van der Waals surface area contributed by atoms with Crippen LogP contribution in [0.5, 0.6) is 0 Å². The zero-order valence-corrected chi connectivity index (χ0v) is 15.4. The molecule has 0 radical (unpaired) electrons. The van der Waals surface area contributed by atoms with Crippen LogP contribution in [0, 0.1) is 5.92 Å². The van der Waals surface area contributed by atoms with Crippen molar-refractivity contribution in [2.45, 2.75) is 51.3 Å². The molecule has 0 bridgehead atoms. The molecule has 0 saturated carbocycles. The van der Waals surface area contributed by atoms with Crippen molar-refractivity contribution in [1.29, 1.82) is 0 Å². The lowest BCUT2D eigenvalue weighted by atomic mass is 9.91. The summed E-state index contributed by atoms with van der Waals surface area (Å²) in [5, 5.41) is 0. The quantitative estimate of drug-likeness (QED) is 0.449. The van der Waals surface area contributed by atoms with Gasteiger partial charge in [-0.2, -0.15) is 0 Å². The number of rotatable bonds is 3. The zero-order valence-electron chi connectivity index (χ0n) is 14.6. The summed E-state index contributed by atoms with van der Waals surface area (Å²) >= 11 is 1.80. The maximum atomic E-state index is 6.17. The van der Waals surface area contributed by atoms with E-state index in [0.29, 0.717) is 5.92 Å². The molecule has 1 aliphatic rings. The topological polar surface area (TPSA) is 9.23 Å². The van der Waals surface area contributed by atoms with Crippen molar-refractivity contribution in [2.24, 2.45) is 5.92 Å². The predicted octanol–water partition coefficient (Wildman–Crippen LogP) is 6.74. The highest BCUT2D eigenvalue weighted by molar-refractivity contribution is 8.03. The first-order chi connectivity index (χ1) is 11.1. The Morgan fingerprint density at radius 1 is 1.22 bits per heavy atom. The molecule has 0 aliphatic carbocycles. The van der Waals surface area contributed by atoms with E-state index in [9.17, 15) is 0 Å². The highest BCUT2D eigenvalue weighted by Crippen LogP contribution is 2.34. The molecule has 1 aromatic carbocycles. The smallest absolute Gasteiger partial charge is 0.106 e. The van der Waals surface area contributed by atoms with E-state index in [0.717, 1.165) is 38.0 Å². The first-order valence-electron chi connectivity index (χ1n) is 8.42. The van der Waals surface area contributed by atoms with Crippen molar-refractivity contribution < 1.29 is 4.74 Å². The van der Waals surface area contributed by atoms with Gasteiger partial charge in [-0.15, -0.1) is 0 Å². The molecule has 0 unspecified atom stereocenters. The molecule has 0 N–H and O–H groups in total. The SMILES string of the molecule is C=C(C)[C@@H]1C/C=C(/C)CCCOC(=C(C)Sc2ccccc2)C1. The van der Waals surface area contributed by atoms with E-state index >= 15 is 0 Å². The third-order valence-corrected chi connectivity index (χ3v) is 5.32. The van der Waals surface area contributed by atoms with Crippen LogP contribution in [-0.2, 0) is 4.74 Å². The Balaban J connectivity index is 2.19. The lowest BCUT2D eigenvalue weighted by Crippen LogP contribution is -2.08. The molecule has 0 saturated heterocycles. The van der Waals surface area contributed by atoms with Gasteiger partial charge in [0.25, 0.3) is 0 Å².